The molecule has 1 fully saturated rings. The highest BCUT2D eigenvalue weighted by Gasteiger charge is 2.38. The Bertz CT molecular complexity index is 1160. The predicted octanol–water partition coefficient (Wildman–Crippen LogP) is 4.24. The smallest absolute Gasteiger partial charge is 0.336 e. The number of nitrogens with zero attached hydrogens (tertiary/aromatic N) is 5. The SMILES string of the molecule is N#Cc1ccc2nnc(C(=O)N3CCC(c4cccc(I)c4C(F)(F)F)CC3)n2c1. The van der Waals surface area contributed by atoms with E-state index in [9.17, 15) is 18.0 Å². The predicted molar refractivity (Wildman–Crippen MR) is 110 cm³/mol. The lowest BCUT2D eigenvalue weighted by Gasteiger charge is -2.33. The fourth-order valence-electron chi connectivity index (χ4n) is 3.82. The molecule has 0 unspecified atom stereocenters. The number of alkyl halides is 3. The number of piperidine rings is 1. The van der Waals surface area contributed by atoms with E-state index in [1.165, 1.54) is 22.7 Å². The van der Waals surface area contributed by atoms with E-state index in [2.05, 4.69) is 10.2 Å². The molecule has 0 radical (unpaired) electrons. The highest BCUT2D eigenvalue weighted by atomic mass is 127. The van der Waals surface area contributed by atoms with Crippen LogP contribution in [0.5, 0.6) is 0 Å². The van der Waals surface area contributed by atoms with Crippen LogP contribution in [-0.4, -0.2) is 38.5 Å². The number of aromatic nitrogens is 3. The molecule has 30 heavy (non-hydrogen) atoms. The summed E-state index contributed by atoms with van der Waals surface area (Å²) in [6, 6.07) is 9.82. The molecule has 0 atom stereocenters. The zero-order valence-electron chi connectivity index (χ0n) is 15.5. The zero-order chi connectivity index (χ0) is 21.5. The molecule has 1 aliphatic heterocycles. The number of pyridine rings is 1. The van der Waals surface area contributed by atoms with Gasteiger partial charge in [-0.15, -0.1) is 10.2 Å². The summed E-state index contributed by atoms with van der Waals surface area (Å²) in [6.45, 7) is 0.637. The average Bonchev–Trinajstić information content (AvgIpc) is 3.15. The number of halogens is 4. The van der Waals surface area contributed by atoms with Gasteiger partial charge in [0.1, 0.15) is 6.07 Å². The standard InChI is InChI=1S/C20H15F3IN5O/c21-20(22,23)17-14(2-1-3-15(17)24)13-6-8-28(9-7-13)19(30)18-27-26-16-5-4-12(10-25)11-29(16)18/h1-5,11,13H,6-9H2. The minimum absolute atomic E-state index is 0.0887. The van der Waals surface area contributed by atoms with Crippen LogP contribution in [0.4, 0.5) is 13.2 Å². The Morgan fingerprint density at radius 2 is 1.90 bits per heavy atom. The van der Waals surface area contributed by atoms with Gasteiger partial charge in [-0.05, 0) is 65.1 Å². The minimum Gasteiger partial charge on any atom is -0.336 e. The van der Waals surface area contributed by atoms with Gasteiger partial charge in [-0.1, -0.05) is 12.1 Å². The third kappa shape index (κ3) is 3.74. The molecule has 0 spiro atoms. The summed E-state index contributed by atoms with van der Waals surface area (Å²) >= 11 is 1.72. The van der Waals surface area contributed by atoms with Crippen LogP contribution in [-0.2, 0) is 6.18 Å². The van der Waals surface area contributed by atoms with Crippen molar-refractivity contribution in [2.24, 2.45) is 0 Å². The van der Waals surface area contributed by atoms with Gasteiger partial charge in [-0.25, -0.2) is 0 Å². The Morgan fingerprint density at radius 3 is 2.57 bits per heavy atom. The van der Waals surface area contributed by atoms with E-state index in [1.54, 1.807) is 45.7 Å². The summed E-state index contributed by atoms with van der Waals surface area (Å²) in [6.07, 6.45) is -2.07. The average molecular weight is 525 g/mol. The van der Waals surface area contributed by atoms with Gasteiger partial charge in [0, 0.05) is 22.9 Å². The molecular weight excluding hydrogens is 510 g/mol. The van der Waals surface area contributed by atoms with Gasteiger partial charge in [-0.3, -0.25) is 9.20 Å². The number of carbonyl (C=O) groups excluding carboxylic acids is 1. The van der Waals surface area contributed by atoms with E-state index in [4.69, 9.17) is 5.26 Å². The van der Waals surface area contributed by atoms with Crippen molar-refractivity contribution in [1.29, 1.82) is 5.26 Å². The van der Waals surface area contributed by atoms with Crippen LogP contribution >= 0.6 is 22.6 Å². The van der Waals surface area contributed by atoms with Gasteiger partial charge < -0.3 is 4.90 Å². The zero-order valence-corrected chi connectivity index (χ0v) is 17.7. The van der Waals surface area contributed by atoms with E-state index in [0.717, 1.165) is 0 Å². The second-order valence-corrected chi connectivity index (χ2v) is 8.21. The summed E-state index contributed by atoms with van der Waals surface area (Å²) in [5, 5.41) is 17.0. The van der Waals surface area contributed by atoms with Gasteiger partial charge in [0.05, 0.1) is 11.1 Å². The number of hydrogen-bond acceptors (Lipinski definition) is 4. The lowest BCUT2D eigenvalue weighted by atomic mass is 9.86. The quantitative estimate of drug-likeness (QED) is 0.470. The molecule has 1 aliphatic rings. The molecule has 1 saturated heterocycles. The second-order valence-electron chi connectivity index (χ2n) is 7.05. The summed E-state index contributed by atoms with van der Waals surface area (Å²) in [7, 11) is 0. The lowest BCUT2D eigenvalue weighted by Crippen LogP contribution is -2.39. The van der Waals surface area contributed by atoms with Crippen molar-refractivity contribution in [2.75, 3.05) is 13.1 Å². The van der Waals surface area contributed by atoms with Crippen LogP contribution in [0.25, 0.3) is 5.65 Å². The minimum atomic E-state index is -4.42. The molecule has 154 valence electrons. The normalized spacial score (nSPS) is 15.4. The number of rotatable bonds is 2. The maximum absolute atomic E-state index is 13.6. The van der Waals surface area contributed by atoms with Gasteiger partial charge in [0.15, 0.2) is 5.65 Å². The summed E-state index contributed by atoms with van der Waals surface area (Å²) in [5.41, 5.74) is 0.519. The van der Waals surface area contributed by atoms with E-state index in [0.29, 0.717) is 37.1 Å². The number of hydrogen-bond donors (Lipinski definition) is 0. The van der Waals surface area contributed by atoms with Crippen LogP contribution in [0.3, 0.4) is 0 Å². The maximum atomic E-state index is 13.6. The topological polar surface area (TPSA) is 74.3 Å². The highest BCUT2D eigenvalue weighted by molar-refractivity contribution is 14.1. The molecule has 0 aliphatic carbocycles. The van der Waals surface area contributed by atoms with Crippen LogP contribution in [0.2, 0.25) is 0 Å². The summed E-state index contributed by atoms with van der Waals surface area (Å²) in [5.74, 6) is -0.541. The van der Waals surface area contributed by atoms with Gasteiger partial charge in [0.25, 0.3) is 5.91 Å². The Kier molecular flexibility index (Phi) is 5.40. The van der Waals surface area contributed by atoms with Crippen molar-refractivity contribution >= 4 is 34.1 Å². The lowest BCUT2D eigenvalue weighted by molar-refractivity contribution is -0.139. The molecule has 0 saturated carbocycles. The first-order valence-electron chi connectivity index (χ1n) is 9.19. The molecule has 3 heterocycles. The molecule has 1 aromatic carbocycles. The molecular formula is C20H15F3IN5O. The number of nitriles is 1. The fourth-order valence-corrected chi connectivity index (χ4v) is 4.64. The Hall–Kier alpha value is -2.68. The fraction of sp³-hybridized carbons (Fsp3) is 0.300. The Balaban J connectivity index is 1.54. The first kappa shape index (κ1) is 20.6. The monoisotopic (exact) mass is 525 g/mol. The third-order valence-electron chi connectivity index (χ3n) is 5.27. The number of likely N-dealkylation sites (tertiary alicyclic amines) is 1. The molecule has 10 heteroatoms. The van der Waals surface area contributed by atoms with Crippen molar-refractivity contribution in [3.05, 3.63) is 62.6 Å². The molecule has 6 nitrogen and oxygen atoms in total. The Morgan fingerprint density at radius 1 is 1.17 bits per heavy atom. The van der Waals surface area contributed by atoms with Crippen molar-refractivity contribution in [3.63, 3.8) is 0 Å². The molecule has 0 N–H and O–H groups in total. The third-order valence-corrected chi connectivity index (χ3v) is 6.17. The highest BCUT2D eigenvalue weighted by Crippen LogP contribution is 2.41. The number of carbonyl (C=O) groups is 1. The second kappa shape index (κ2) is 7.86. The largest absolute Gasteiger partial charge is 0.417 e. The van der Waals surface area contributed by atoms with Crippen molar-refractivity contribution < 1.29 is 18.0 Å². The van der Waals surface area contributed by atoms with Crippen molar-refractivity contribution in [2.45, 2.75) is 24.9 Å². The number of fused-ring (bicyclic) bond motifs is 1. The van der Waals surface area contributed by atoms with Crippen molar-refractivity contribution in [3.8, 4) is 6.07 Å². The van der Waals surface area contributed by atoms with E-state index in [1.807, 2.05) is 6.07 Å². The van der Waals surface area contributed by atoms with Crippen LogP contribution in [0.15, 0.2) is 36.5 Å². The molecule has 1 amide bonds. The van der Waals surface area contributed by atoms with Crippen LogP contribution in [0.1, 0.15) is 46.1 Å². The molecule has 4 rings (SSSR count). The number of amides is 1. The van der Waals surface area contributed by atoms with E-state index >= 15 is 0 Å². The van der Waals surface area contributed by atoms with Gasteiger partial charge >= 0.3 is 6.18 Å². The van der Waals surface area contributed by atoms with Crippen LogP contribution in [0, 0.1) is 14.9 Å². The molecule has 2 aromatic heterocycles. The Labute approximate surface area is 183 Å². The van der Waals surface area contributed by atoms with Gasteiger partial charge in [-0.2, -0.15) is 18.4 Å². The first-order valence-corrected chi connectivity index (χ1v) is 10.3. The van der Waals surface area contributed by atoms with Crippen molar-refractivity contribution in [1.82, 2.24) is 19.5 Å². The summed E-state index contributed by atoms with van der Waals surface area (Å²) < 4.78 is 42.3. The van der Waals surface area contributed by atoms with Crippen LogP contribution < -0.4 is 0 Å². The first-order chi connectivity index (χ1) is 14.3. The summed E-state index contributed by atoms with van der Waals surface area (Å²) in [4.78, 5) is 14.5. The molecule has 3 aromatic rings. The van der Waals surface area contributed by atoms with Gasteiger partial charge in [0.2, 0.25) is 5.82 Å². The number of benzene rings is 1. The van der Waals surface area contributed by atoms with E-state index < -0.39 is 11.7 Å². The molecule has 0 bridgehead atoms. The maximum Gasteiger partial charge on any atom is 0.417 e. The van der Waals surface area contributed by atoms with E-state index in [-0.39, 0.29) is 26.8 Å².